The van der Waals surface area contributed by atoms with Crippen molar-refractivity contribution < 1.29 is 19.8 Å². The van der Waals surface area contributed by atoms with Gasteiger partial charge in [-0.1, -0.05) is 29.3 Å². The first-order valence-electron chi connectivity index (χ1n) is 9.51. The summed E-state index contributed by atoms with van der Waals surface area (Å²) in [7, 11) is 1.53. The van der Waals surface area contributed by atoms with Crippen LogP contribution in [0.4, 0.5) is 4.79 Å². The molecule has 1 saturated carbocycles. The number of carbonyl (C=O) groups excluding carboxylic acids is 1. The van der Waals surface area contributed by atoms with Gasteiger partial charge in [-0.05, 0) is 50.3 Å². The second-order valence-electron chi connectivity index (χ2n) is 8.26. The Morgan fingerprint density at radius 3 is 2.39 bits per heavy atom. The van der Waals surface area contributed by atoms with Gasteiger partial charge in [-0.3, -0.25) is 4.79 Å². The van der Waals surface area contributed by atoms with Crippen molar-refractivity contribution in [2.75, 3.05) is 20.1 Å². The van der Waals surface area contributed by atoms with Crippen molar-refractivity contribution in [3.63, 3.8) is 0 Å². The van der Waals surface area contributed by atoms with Crippen LogP contribution in [0.5, 0.6) is 0 Å². The Balaban J connectivity index is 1.80. The first kappa shape index (κ1) is 21.2. The van der Waals surface area contributed by atoms with Crippen molar-refractivity contribution in [3.05, 3.63) is 33.8 Å². The maximum absolute atomic E-state index is 13.1. The Morgan fingerprint density at radius 1 is 1.18 bits per heavy atom. The Hall–Kier alpha value is -1.50. The summed E-state index contributed by atoms with van der Waals surface area (Å²) in [6.45, 7) is 2.59. The topological polar surface area (TPSA) is 81.1 Å². The van der Waals surface area contributed by atoms with Gasteiger partial charge >= 0.3 is 6.09 Å². The lowest BCUT2D eigenvalue weighted by atomic mass is 9.79. The number of carboxylic acid groups (broad SMARTS) is 1. The zero-order valence-electron chi connectivity index (χ0n) is 16.1. The number of nitrogens with zero attached hydrogens (tertiary/aromatic N) is 2. The Kier molecular flexibility index (Phi) is 6.13. The zero-order chi connectivity index (χ0) is 20.6. The lowest BCUT2D eigenvalue weighted by Crippen LogP contribution is -2.43. The van der Waals surface area contributed by atoms with E-state index in [1.54, 1.807) is 17.0 Å². The Bertz CT molecular complexity index is 761. The molecule has 1 aromatic rings. The minimum absolute atomic E-state index is 0.0434. The fourth-order valence-electron chi connectivity index (χ4n) is 4.32. The van der Waals surface area contributed by atoms with Crippen molar-refractivity contribution in [2.45, 2.75) is 50.2 Å². The van der Waals surface area contributed by atoms with Gasteiger partial charge in [0.2, 0.25) is 5.91 Å². The van der Waals surface area contributed by atoms with Gasteiger partial charge in [0.15, 0.2) is 0 Å². The van der Waals surface area contributed by atoms with E-state index in [1.165, 1.54) is 11.9 Å². The molecule has 1 aliphatic carbocycles. The smallest absolute Gasteiger partial charge is 0.407 e. The molecule has 1 aliphatic heterocycles. The number of carbonyl (C=O) groups is 2. The van der Waals surface area contributed by atoms with E-state index in [0.29, 0.717) is 48.8 Å². The molecular weight excluding hydrogens is 403 g/mol. The molecular formula is C20H26Cl2N2O4. The van der Waals surface area contributed by atoms with E-state index in [2.05, 4.69) is 0 Å². The number of likely N-dealkylation sites (N-methyl/N-ethyl adjacent to an activating group) is 1. The van der Waals surface area contributed by atoms with Crippen LogP contribution in [0.3, 0.4) is 0 Å². The Labute approximate surface area is 175 Å². The average Bonchev–Trinajstić information content (AvgIpc) is 3.08. The van der Waals surface area contributed by atoms with Crippen molar-refractivity contribution >= 4 is 35.2 Å². The van der Waals surface area contributed by atoms with Gasteiger partial charge in [-0.2, -0.15) is 0 Å². The molecule has 0 aromatic heterocycles. The first-order chi connectivity index (χ1) is 13.1. The predicted octanol–water partition coefficient (Wildman–Crippen LogP) is 3.84. The molecule has 2 fully saturated rings. The highest BCUT2D eigenvalue weighted by Gasteiger charge is 2.43. The van der Waals surface area contributed by atoms with Crippen LogP contribution >= 0.6 is 23.2 Å². The summed E-state index contributed by atoms with van der Waals surface area (Å²) in [5.74, 6) is -0.253. The average molecular weight is 429 g/mol. The van der Waals surface area contributed by atoms with E-state index >= 15 is 0 Å². The highest BCUT2D eigenvalue weighted by molar-refractivity contribution is 6.42. The molecule has 28 heavy (non-hydrogen) atoms. The van der Waals surface area contributed by atoms with E-state index in [4.69, 9.17) is 23.2 Å². The van der Waals surface area contributed by atoms with Crippen LogP contribution in [-0.2, 0) is 4.79 Å². The summed E-state index contributed by atoms with van der Waals surface area (Å²) in [5, 5.41) is 20.5. The largest absolute Gasteiger partial charge is 0.465 e. The molecule has 1 saturated heterocycles. The van der Waals surface area contributed by atoms with Gasteiger partial charge in [0, 0.05) is 32.0 Å². The molecule has 2 N–H and O–H groups in total. The Morgan fingerprint density at radius 2 is 1.82 bits per heavy atom. The van der Waals surface area contributed by atoms with Gasteiger partial charge in [0.05, 0.1) is 21.7 Å². The quantitative estimate of drug-likeness (QED) is 0.765. The molecule has 2 atom stereocenters. The summed E-state index contributed by atoms with van der Waals surface area (Å²) in [4.78, 5) is 27.7. The number of amides is 2. The highest BCUT2D eigenvalue weighted by atomic mass is 35.5. The number of halogens is 2. The van der Waals surface area contributed by atoms with Gasteiger partial charge in [-0.15, -0.1) is 0 Å². The molecule has 6 nitrogen and oxygen atoms in total. The lowest BCUT2D eigenvalue weighted by Gasteiger charge is -2.34. The number of hydrogen-bond acceptors (Lipinski definition) is 3. The molecule has 8 heteroatoms. The van der Waals surface area contributed by atoms with Gasteiger partial charge < -0.3 is 20.0 Å². The molecule has 1 heterocycles. The van der Waals surface area contributed by atoms with Crippen LogP contribution in [0.2, 0.25) is 10.0 Å². The number of benzene rings is 1. The van der Waals surface area contributed by atoms with E-state index in [0.717, 1.165) is 5.56 Å². The second kappa shape index (κ2) is 8.09. The fraction of sp³-hybridized carbons (Fsp3) is 0.600. The molecule has 0 unspecified atom stereocenters. The summed E-state index contributed by atoms with van der Waals surface area (Å²) < 4.78 is 0. The van der Waals surface area contributed by atoms with E-state index < -0.39 is 11.7 Å². The van der Waals surface area contributed by atoms with Crippen LogP contribution in [0.1, 0.15) is 44.1 Å². The van der Waals surface area contributed by atoms with Crippen LogP contribution in [0.15, 0.2) is 18.2 Å². The SMILES string of the molecule is CN(C(=O)O)[C@H]1CN(C(=O)C2CCC(C)(O)CC2)C[C@@H]1c1ccc(Cl)c(Cl)c1. The standard InChI is InChI=1S/C20H26Cl2N2O4/c1-20(28)7-5-12(6-8-20)18(25)24-10-14(17(11-24)23(2)19(26)27)13-3-4-15(21)16(22)9-13/h3-4,9,12,14,17,28H,5-8,10-11H2,1-2H3,(H,26,27)/t12?,14-,17+,20?/m1/s1. The molecule has 154 valence electrons. The molecule has 0 bridgehead atoms. The summed E-state index contributed by atoms with van der Waals surface area (Å²) in [6.07, 6.45) is 1.48. The van der Waals surface area contributed by atoms with E-state index in [1.807, 2.05) is 13.0 Å². The normalized spacial score (nSPS) is 30.3. The number of likely N-dealkylation sites (tertiary alicyclic amines) is 1. The highest BCUT2D eigenvalue weighted by Crippen LogP contribution is 2.37. The van der Waals surface area contributed by atoms with Crippen molar-refractivity contribution in [2.24, 2.45) is 5.92 Å². The third-order valence-corrected chi connectivity index (χ3v) is 6.92. The van der Waals surface area contributed by atoms with Gasteiger partial charge in [-0.25, -0.2) is 4.79 Å². The number of aliphatic hydroxyl groups is 1. The summed E-state index contributed by atoms with van der Waals surface area (Å²) in [5.41, 5.74) is 0.172. The second-order valence-corrected chi connectivity index (χ2v) is 9.07. The third-order valence-electron chi connectivity index (χ3n) is 6.18. The van der Waals surface area contributed by atoms with Crippen LogP contribution in [0, 0.1) is 5.92 Å². The molecule has 3 rings (SSSR count). The predicted molar refractivity (Wildman–Crippen MR) is 108 cm³/mol. The fourth-order valence-corrected chi connectivity index (χ4v) is 4.62. The molecule has 2 amide bonds. The summed E-state index contributed by atoms with van der Waals surface area (Å²) >= 11 is 12.2. The zero-order valence-corrected chi connectivity index (χ0v) is 17.6. The number of hydrogen-bond donors (Lipinski definition) is 2. The van der Waals surface area contributed by atoms with Gasteiger partial charge in [0.25, 0.3) is 0 Å². The van der Waals surface area contributed by atoms with Crippen molar-refractivity contribution in [1.29, 1.82) is 0 Å². The molecule has 2 aliphatic rings. The lowest BCUT2D eigenvalue weighted by molar-refractivity contribution is -0.137. The molecule has 1 aromatic carbocycles. The van der Waals surface area contributed by atoms with Gasteiger partial charge in [0.1, 0.15) is 0 Å². The number of rotatable bonds is 3. The summed E-state index contributed by atoms with van der Waals surface area (Å²) in [6, 6.07) is 4.94. The monoisotopic (exact) mass is 428 g/mol. The molecule has 0 spiro atoms. The van der Waals surface area contributed by atoms with Crippen LogP contribution < -0.4 is 0 Å². The molecule has 0 radical (unpaired) electrons. The maximum atomic E-state index is 13.1. The van der Waals surface area contributed by atoms with E-state index in [9.17, 15) is 19.8 Å². The van der Waals surface area contributed by atoms with E-state index in [-0.39, 0.29) is 23.8 Å². The van der Waals surface area contributed by atoms with Crippen LogP contribution in [0.25, 0.3) is 0 Å². The maximum Gasteiger partial charge on any atom is 0.407 e. The minimum Gasteiger partial charge on any atom is -0.465 e. The van der Waals surface area contributed by atoms with Crippen molar-refractivity contribution in [1.82, 2.24) is 9.80 Å². The van der Waals surface area contributed by atoms with Crippen LogP contribution in [-0.4, -0.2) is 63.8 Å². The minimum atomic E-state index is -1.03. The first-order valence-corrected chi connectivity index (χ1v) is 10.3. The third kappa shape index (κ3) is 4.39. The van der Waals surface area contributed by atoms with Crippen molar-refractivity contribution in [3.8, 4) is 0 Å².